The molecule has 33 heavy (non-hydrogen) atoms. The standard InChI is InChI=1S/C28H36N2O3/c1-2-6-18-15-26(32)33-28-22(18)9-10-25(31)23(28)17-30-12-5-7-19-13-20-14-21(27(19)30)16-29-11-4-3-8-24(20)29/h9-10,13,15,20-21,24,27,31H,2-8,11-12,14,16-17H2,1H3/t20-,21-,24+,27+/m0/s1. The van der Waals surface area contributed by atoms with E-state index in [1.54, 1.807) is 17.7 Å². The third kappa shape index (κ3) is 3.74. The number of fused-ring (bicyclic) bond motifs is 7. The molecule has 1 aliphatic carbocycles. The van der Waals surface area contributed by atoms with Gasteiger partial charge in [-0.2, -0.15) is 0 Å². The second kappa shape index (κ2) is 8.59. The molecule has 4 atom stereocenters. The molecule has 6 rings (SSSR count). The Morgan fingerprint density at radius 1 is 1.18 bits per heavy atom. The minimum Gasteiger partial charge on any atom is -0.507 e. The van der Waals surface area contributed by atoms with Crippen molar-refractivity contribution in [3.05, 3.63) is 51.4 Å². The highest BCUT2D eigenvalue weighted by molar-refractivity contribution is 5.85. The number of hydrogen-bond donors (Lipinski definition) is 1. The maximum absolute atomic E-state index is 12.4. The van der Waals surface area contributed by atoms with Crippen LogP contribution >= 0.6 is 0 Å². The Morgan fingerprint density at radius 3 is 2.97 bits per heavy atom. The first-order valence-electron chi connectivity index (χ1n) is 13.1. The molecule has 2 bridgehead atoms. The van der Waals surface area contributed by atoms with Crippen LogP contribution in [0.2, 0.25) is 0 Å². The predicted molar refractivity (Wildman–Crippen MR) is 130 cm³/mol. The zero-order valence-corrected chi connectivity index (χ0v) is 19.8. The molecule has 5 heteroatoms. The van der Waals surface area contributed by atoms with Crippen molar-refractivity contribution in [3.8, 4) is 5.75 Å². The van der Waals surface area contributed by atoms with Gasteiger partial charge in [-0.25, -0.2) is 4.79 Å². The fourth-order valence-electron chi connectivity index (χ4n) is 7.43. The van der Waals surface area contributed by atoms with E-state index in [1.807, 2.05) is 6.07 Å². The molecule has 5 nitrogen and oxygen atoms in total. The van der Waals surface area contributed by atoms with Gasteiger partial charge in [-0.1, -0.05) is 31.4 Å². The Hall–Kier alpha value is -2.11. The molecule has 4 aliphatic rings. The van der Waals surface area contributed by atoms with Crippen LogP contribution in [0.4, 0.5) is 0 Å². The second-order valence-corrected chi connectivity index (χ2v) is 10.8. The maximum atomic E-state index is 12.4. The van der Waals surface area contributed by atoms with E-state index in [1.165, 1.54) is 45.2 Å². The molecule has 1 N–H and O–H groups in total. The van der Waals surface area contributed by atoms with Crippen LogP contribution in [0.15, 0.2) is 39.1 Å². The van der Waals surface area contributed by atoms with Crippen LogP contribution < -0.4 is 5.63 Å². The number of phenolic OH excluding ortho intramolecular Hbond substituents is 1. The number of rotatable bonds is 4. The molecule has 0 saturated carbocycles. The van der Waals surface area contributed by atoms with Crippen molar-refractivity contribution in [2.75, 3.05) is 19.6 Å². The van der Waals surface area contributed by atoms with Crippen molar-refractivity contribution in [1.82, 2.24) is 9.80 Å². The molecule has 0 radical (unpaired) electrons. The zero-order chi connectivity index (χ0) is 22.5. The van der Waals surface area contributed by atoms with Crippen LogP contribution in [0.5, 0.6) is 5.75 Å². The smallest absolute Gasteiger partial charge is 0.336 e. The fraction of sp³-hybridized carbons (Fsp3) is 0.607. The molecule has 1 aromatic carbocycles. The van der Waals surface area contributed by atoms with Crippen LogP contribution in [0.1, 0.15) is 63.0 Å². The van der Waals surface area contributed by atoms with Crippen LogP contribution in [0, 0.1) is 11.8 Å². The summed E-state index contributed by atoms with van der Waals surface area (Å²) in [6.07, 6.45) is 12.2. The predicted octanol–water partition coefficient (Wildman–Crippen LogP) is 4.85. The van der Waals surface area contributed by atoms with Gasteiger partial charge < -0.3 is 9.52 Å². The van der Waals surface area contributed by atoms with E-state index in [0.717, 1.165) is 54.3 Å². The van der Waals surface area contributed by atoms with Gasteiger partial charge in [0.15, 0.2) is 0 Å². The number of hydrogen-bond acceptors (Lipinski definition) is 5. The summed E-state index contributed by atoms with van der Waals surface area (Å²) in [6, 6.07) is 6.51. The molecular formula is C28H36N2O3. The Kier molecular flexibility index (Phi) is 5.58. The largest absolute Gasteiger partial charge is 0.507 e. The van der Waals surface area contributed by atoms with Gasteiger partial charge in [-0.3, -0.25) is 9.80 Å². The van der Waals surface area contributed by atoms with E-state index in [4.69, 9.17) is 4.42 Å². The number of aryl methyl sites for hydroxylation is 1. The van der Waals surface area contributed by atoms with Crippen molar-refractivity contribution >= 4 is 11.0 Å². The van der Waals surface area contributed by atoms with Crippen molar-refractivity contribution in [1.29, 1.82) is 0 Å². The van der Waals surface area contributed by atoms with Crippen molar-refractivity contribution in [3.63, 3.8) is 0 Å². The van der Waals surface area contributed by atoms with E-state index in [9.17, 15) is 9.90 Å². The third-order valence-corrected chi connectivity index (χ3v) is 8.72. The summed E-state index contributed by atoms with van der Waals surface area (Å²) in [5.74, 6) is 1.61. The average Bonchev–Trinajstić information content (AvgIpc) is 2.81. The minimum atomic E-state index is -0.319. The summed E-state index contributed by atoms with van der Waals surface area (Å²) in [4.78, 5) is 17.7. The molecule has 2 aromatic rings. The molecule has 176 valence electrons. The van der Waals surface area contributed by atoms with Crippen LogP contribution in [-0.2, 0) is 13.0 Å². The quantitative estimate of drug-likeness (QED) is 0.535. The zero-order valence-electron chi connectivity index (χ0n) is 19.8. The molecule has 3 aliphatic heterocycles. The summed E-state index contributed by atoms with van der Waals surface area (Å²) < 4.78 is 5.73. The monoisotopic (exact) mass is 448 g/mol. The number of benzene rings is 1. The number of nitrogens with zero attached hydrogens (tertiary/aromatic N) is 2. The average molecular weight is 449 g/mol. The normalized spacial score (nSPS) is 30.0. The first-order valence-corrected chi connectivity index (χ1v) is 13.1. The van der Waals surface area contributed by atoms with Crippen molar-refractivity contribution in [2.24, 2.45) is 11.8 Å². The number of aromatic hydroxyl groups is 1. The van der Waals surface area contributed by atoms with Crippen molar-refractivity contribution < 1.29 is 9.52 Å². The van der Waals surface area contributed by atoms with Gasteiger partial charge in [0.25, 0.3) is 0 Å². The van der Waals surface area contributed by atoms with Crippen LogP contribution in [-0.4, -0.2) is 46.6 Å². The van der Waals surface area contributed by atoms with Crippen molar-refractivity contribution in [2.45, 2.75) is 76.9 Å². The number of phenols is 1. The molecule has 0 amide bonds. The van der Waals surface area contributed by atoms with Gasteiger partial charge in [0, 0.05) is 36.6 Å². The summed E-state index contributed by atoms with van der Waals surface area (Å²) in [5, 5.41) is 11.8. The molecule has 3 saturated heterocycles. The highest BCUT2D eigenvalue weighted by atomic mass is 16.4. The van der Waals surface area contributed by atoms with E-state index in [2.05, 4.69) is 22.8 Å². The van der Waals surface area contributed by atoms with Gasteiger partial charge >= 0.3 is 5.63 Å². The van der Waals surface area contributed by atoms with Gasteiger partial charge in [0.2, 0.25) is 0 Å². The highest BCUT2D eigenvalue weighted by Gasteiger charge is 2.46. The first kappa shape index (κ1) is 21.4. The van der Waals surface area contributed by atoms with Crippen LogP contribution in [0.25, 0.3) is 11.0 Å². The summed E-state index contributed by atoms with van der Waals surface area (Å²) in [6.45, 7) is 6.24. The summed E-state index contributed by atoms with van der Waals surface area (Å²) in [5.41, 5.74) is 3.68. The number of piperidine rings is 3. The Balaban J connectivity index is 1.36. The van der Waals surface area contributed by atoms with Crippen LogP contribution in [0.3, 0.4) is 0 Å². The maximum Gasteiger partial charge on any atom is 0.336 e. The lowest BCUT2D eigenvalue weighted by Crippen LogP contribution is -2.59. The SMILES string of the molecule is CCCc1cc(=O)oc2c(CN3CCCC4=C[C@H]5C[C@@H](CN6CCCC[C@H]56)[C@@H]43)c(O)ccc12. The third-order valence-electron chi connectivity index (χ3n) is 8.72. The molecule has 3 fully saturated rings. The van der Waals surface area contributed by atoms with E-state index in [-0.39, 0.29) is 11.4 Å². The Morgan fingerprint density at radius 2 is 2.09 bits per heavy atom. The number of likely N-dealkylation sites (tertiary alicyclic amines) is 1. The van der Waals surface area contributed by atoms with Gasteiger partial charge in [0.1, 0.15) is 11.3 Å². The van der Waals surface area contributed by atoms with Gasteiger partial charge in [0.05, 0.1) is 5.56 Å². The molecular weight excluding hydrogens is 412 g/mol. The minimum absolute atomic E-state index is 0.240. The first-order chi connectivity index (χ1) is 16.1. The Labute approximate surface area is 196 Å². The summed E-state index contributed by atoms with van der Waals surface area (Å²) >= 11 is 0. The second-order valence-electron chi connectivity index (χ2n) is 10.8. The lowest BCUT2D eigenvalue weighted by molar-refractivity contribution is -0.00274. The van der Waals surface area contributed by atoms with E-state index < -0.39 is 0 Å². The van der Waals surface area contributed by atoms with Gasteiger partial charge in [-0.15, -0.1) is 0 Å². The fourth-order valence-corrected chi connectivity index (χ4v) is 7.43. The molecule has 1 aromatic heterocycles. The molecule has 4 heterocycles. The topological polar surface area (TPSA) is 56.9 Å². The lowest BCUT2D eigenvalue weighted by Gasteiger charge is -2.54. The highest BCUT2D eigenvalue weighted by Crippen LogP contribution is 2.45. The van der Waals surface area contributed by atoms with E-state index >= 15 is 0 Å². The lowest BCUT2D eigenvalue weighted by atomic mass is 9.68. The van der Waals surface area contributed by atoms with Gasteiger partial charge in [-0.05, 0) is 81.1 Å². The van der Waals surface area contributed by atoms with E-state index in [0.29, 0.717) is 24.1 Å². The molecule has 0 unspecified atom stereocenters. The Bertz CT molecular complexity index is 1140. The molecule has 0 spiro atoms. The summed E-state index contributed by atoms with van der Waals surface area (Å²) in [7, 11) is 0.